The van der Waals surface area contributed by atoms with Crippen molar-refractivity contribution in [2.24, 2.45) is 0 Å². The summed E-state index contributed by atoms with van der Waals surface area (Å²) < 4.78 is 23.8. The smallest absolute Gasteiger partial charge is 0.272 e. The molecule has 0 atom stereocenters. The predicted molar refractivity (Wildman–Crippen MR) is 39.4 cm³/mol. The molecule has 10 heavy (non-hydrogen) atoms. The molecule has 0 saturated heterocycles. The molecule has 0 unspecified atom stereocenters. The molecule has 1 rings (SSSR count). The van der Waals surface area contributed by atoms with Gasteiger partial charge in [0, 0.05) is 0 Å². The molecule has 0 spiro atoms. The van der Waals surface area contributed by atoms with Crippen LogP contribution in [0.5, 0.6) is 0 Å². The van der Waals surface area contributed by atoms with Gasteiger partial charge in [-0.25, -0.2) is 0 Å². The van der Waals surface area contributed by atoms with Crippen LogP contribution in [0.4, 0.5) is 0 Å². The lowest BCUT2D eigenvalue weighted by Crippen LogP contribution is -2.08. The highest BCUT2D eigenvalue weighted by molar-refractivity contribution is 8.93. The van der Waals surface area contributed by atoms with Crippen molar-refractivity contribution in [2.75, 3.05) is 0 Å². The number of halogens is 1. The van der Waals surface area contributed by atoms with E-state index in [0.29, 0.717) is 0 Å². The second-order valence-corrected chi connectivity index (χ2v) is 1.82. The van der Waals surface area contributed by atoms with Crippen LogP contribution >= 0.6 is 17.0 Å². The molecule has 0 radical (unpaired) electrons. The average Bonchev–Trinajstić information content (AvgIpc) is 2.15. The maximum absolute atomic E-state index is 9.82. The Morgan fingerprint density at radius 2 is 2.20 bits per heavy atom. The van der Waals surface area contributed by atoms with Gasteiger partial charge in [-0.1, -0.05) is 4.85 Å². The molecule has 58 valence electrons. The molecule has 0 N–H and O–H groups in total. The molecule has 0 fully saturated rings. The van der Waals surface area contributed by atoms with Crippen molar-refractivity contribution in [3.63, 3.8) is 0 Å². The van der Waals surface area contributed by atoms with Gasteiger partial charge in [-0.2, -0.15) is 8.42 Å². The molecule has 0 aromatic carbocycles. The van der Waals surface area contributed by atoms with E-state index in [0.717, 1.165) is 4.85 Å². The Morgan fingerprint density at radius 3 is 2.60 bits per heavy atom. The highest BCUT2D eigenvalue weighted by Gasteiger charge is 1.86. The minimum atomic E-state index is -2.85. The third-order valence-corrected chi connectivity index (χ3v) is 0.931. The first kappa shape index (κ1) is 9.44. The first-order valence-corrected chi connectivity index (χ1v) is 3.21. The molecular weight excluding hydrogens is 224 g/mol. The zero-order valence-corrected chi connectivity index (χ0v) is 7.31. The number of aromatic nitrogens is 2. The monoisotopic (exact) mass is 228 g/mol. The quantitative estimate of drug-likeness (QED) is 0.689. The number of thiol groups is 1. The van der Waals surface area contributed by atoms with E-state index in [9.17, 15) is 8.42 Å². The largest absolute Gasteiger partial charge is 0.318 e. The Bertz CT molecular complexity index is 236. The van der Waals surface area contributed by atoms with Crippen LogP contribution in [-0.4, -0.2) is 18.4 Å². The average molecular weight is 229 g/mol. The fourth-order valence-electron chi connectivity index (χ4n) is 0.371. The number of hydrogen-bond donors (Lipinski definition) is 1. The van der Waals surface area contributed by atoms with Crippen molar-refractivity contribution < 1.29 is 12.7 Å². The summed E-state index contributed by atoms with van der Waals surface area (Å²) in [6.45, 7) is 0. The molecule has 1 aromatic heterocycles. The molecule has 0 aliphatic heterocycles. The van der Waals surface area contributed by atoms with Crippen LogP contribution in [0.3, 0.4) is 0 Å². The van der Waals surface area contributed by atoms with Gasteiger partial charge in [0.15, 0.2) is 0 Å². The normalized spacial score (nSPS) is 8.90. The molecule has 0 amide bonds. The molecule has 0 aliphatic carbocycles. The highest BCUT2D eigenvalue weighted by Crippen LogP contribution is 1.77. The minimum Gasteiger partial charge on any atom is -0.272 e. The fraction of sp³-hybridized carbons (Fsp3) is 0. The zero-order chi connectivity index (χ0) is 6.69. The van der Waals surface area contributed by atoms with E-state index in [2.05, 4.69) is 9.38 Å². The van der Waals surface area contributed by atoms with Crippen LogP contribution in [0.2, 0.25) is 0 Å². The van der Waals surface area contributed by atoms with E-state index >= 15 is 0 Å². The summed E-state index contributed by atoms with van der Waals surface area (Å²) in [4.78, 5) is 0.853. The molecule has 0 saturated carbocycles. The summed E-state index contributed by atoms with van der Waals surface area (Å²) in [6.07, 6.45) is 2.80. The van der Waals surface area contributed by atoms with E-state index in [1.165, 1.54) is 12.4 Å². The molecule has 7 heteroatoms. The van der Waals surface area contributed by atoms with Gasteiger partial charge < -0.3 is 0 Å². The van der Waals surface area contributed by atoms with Crippen LogP contribution in [0.15, 0.2) is 18.5 Å². The van der Waals surface area contributed by atoms with Crippen molar-refractivity contribution in [2.45, 2.75) is 0 Å². The van der Waals surface area contributed by atoms with Crippen molar-refractivity contribution in [1.29, 1.82) is 0 Å². The highest BCUT2D eigenvalue weighted by atomic mass is 79.9. The Balaban J connectivity index is 0.000000810. The fourth-order valence-corrected chi connectivity index (χ4v) is 0.605. The van der Waals surface area contributed by atoms with Gasteiger partial charge in [-0.05, 0) is 6.07 Å². The van der Waals surface area contributed by atoms with Crippen molar-refractivity contribution in [3.05, 3.63) is 18.5 Å². The molecule has 0 aliphatic rings. The number of nitrogens with zero attached hydrogens (tertiary/aromatic N) is 2. The van der Waals surface area contributed by atoms with Gasteiger partial charge in [0.2, 0.25) is 0 Å². The van der Waals surface area contributed by atoms with Crippen LogP contribution in [-0.2, 0) is 11.0 Å². The van der Waals surface area contributed by atoms with Gasteiger partial charge in [-0.15, -0.1) is 22.1 Å². The molecule has 1 heterocycles. The minimum absolute atomic E-state index is 0. The summed E-state index contributed by atoms with van der Waals surface area (Å²) in [6, 6.07) is 1.55. The van der Waals surface area contributed by atoms with Crippen molar-refractivity contribution >= 4 is 28.0 Å². The van der Waals surface area contributed by atoms with Gasteiger partial charge in [0.25, 0.3) is 0 Å². The third-order valence-electron chi connectivity index (χ3n) is 0.630. The number of hydrogen-bond acceptors (Lipinski definition) is 4. The Labute approximate surface area is 69.5 Å². The van der Waals surface area contributed by atoms with Crippen LogP contribution in [0, 0.1) is 0 Å². The molecular formula is C3H5BrN2O3S. The Hall–Kier alpha value is -0.560. The third kappa shape index (κ3) is 2.83. The lowest BCUT2D eigenvalue weighted by atomic mass is 10.8. The molecule has 1 aromatic rings. The summed E-state index contributed by atoms with van der Waals surface area (Å²) >= 11 is 0. The van der Waals surface area contributed by atoms with E-state index in [-0.39, 0.29) is 17.0 Å². The maximum Gasteiger partial charge on any atom is 0.318 e. The van der Waals surface area contributed by atoms with E-state index < -0.39 is 11.0 Å². The summed E-state index contributed by atoms with van der Waals surface area (Å²) in [5.74, 6) is 0. The van der Waals surface area contributed by atoms with Gasteiger partial charge in [0.1, 0.15) is 0 Å². The molecule has 5 nitrogen and oxygen atoms in total. The van der Waals surface area contributed by atoms with E-state index in [1.807, 2.05) is 0 Å². The van der Waals surface area contributed by atoms with Gasteiger partial charge in [-0.3, -0.25) is 4.28 Å². The standard InChI is InChI=1S/C3H4N2O3S.BrH/c6-9(7)8-5-3-1-2-4-5;/h1-3,9H;1H. The van der Waals surface area contributed by atoms with Crippen molar-refractivity contribution in [3.8, 4) is 0 Å². The van der Waals surface area contributed by atoms with Gasteiger partial charge >= 0.3 is 11.0 Å². The summed E-state index contributed by atoms with van der Waals surface area (Å²) in [5, 5.41) is 3.47. The predicted octanol–water partition coefficient (Wildman–Crippen LogP) is -0.584. The topological polar surface area (TPSA) is 61.2 Å². The van der Waals surface area contributed by atoms with Gasteiger partial charge in [0.05, 0.1) is 12.4 Å². The first-order chi connectivity index (χ1) is 4.29. The lowest BCUT2D eigenvalue weighted by Gasteiger charge is -1.90. The van der Waals surface area contributed by atoms with Crippen LogP contribution < -0.4 is 4.28 Å². The van der Waals surface area contributed by atoms with Crippen LogP contribution in [0.1, 0.15) is 0 Å². The second-order valence-electron chi connectivity index (χ2n) is 1.21. The zero-order valence-electron chi connectivity index (χ0n) is 4.71. The second kappa shape index (κ2) is 4.29. The first-order valence-electron chi connectivity index (χ1n) is 2.11. The number of rotatable bonds is 2. The Kier molecular flexibility index (Phi) is 4.05. The van der Waals surface area contributed by atoms with E-state index in [1.54, 1.807) is 6.07 Å². The van der Waals surface area contributed by atoms with Crippen molar-refractivity contribution in [1.82, 2.24) is 9.94 Å². The lowest BCUT2D eigenvalue weighted by molar-refractivity contribution is 0.250. The summed E-state index contributed by atoms with van der Waals surface area (Å²) in [5.41, 5.74) is 0. The van der Waals surface area contributed by atoms with Crippen LogP contribution in [0.25, 0.3) is 0 Å². The summed E-state index contributed by atoms with van der Waals surface area (Å²) in [7, 11) is -2.85. The van der Waals surface area contributed by atoms with E-state index in [4.69, 9.17) is 0 Å². The Morgan fingerprint density at radius 1 is 1.50 bits per heavy atom. The molecule has 0 bridgehead atoms. The SMILES string of the molecule is Br.O=[SH](=O)On1cccn1. The maximum atomic E-state index is 9.82.